The molecule has 4 rings (SSSR count). The first-order chi connectivity index (χ1) is 11.2. The number of nitrogens with zero attached hydrogens (tertiary/aromatic N) is 1. The first-order valence-corrected chi connectivity index (χ1v) is 9.72. The number of aromatic nitrogens is 2. The second-order valence-electron chi connectivity index (χ2n) is 6.18. The average molecular weight is 342 g/mol. The van der Waals surface area contributed by atoms with Gasteiger partial charge in [0.25, 0.3) is 5.56 Å². The standard InChI is InChI=1S/C18H18N2OS2/c1-11-7-8-14-13(9-11)15-16(21)19-18(20-17(15)23-14)22-10-12-5-3-2-4-6-12/h2-6,11H,7-10H2,1H3,(H,19,20,21). The zero-order valence-electron chi connectivity index (χ0n) is 13.0. The lowest BCUT2D eigenvalue weighted by Gasteiger charge is -2.17. The van der Waals surface area contributed by atoms with E-state index in [1.54, 1.807) is 23.1 Å². The van der Waals surface area contributed by atoms with Gasteiger partial charge in [-0.3, -0.25) is 4.79 Å². The Hall–Kier alpha value is -1.59. The van der Waals surface area contributed by atoms with Gasteiger partial charge in [0.2, 0.25) is 0 Å². The number of H-pyrrole nitrogens is 1. The summed E-state index contributed by atoms with van der Waals surface area (Å²) in [6.07, 6.45) is 3.31. The number of aryl methyl sites for hydroxylation is 1. The van der Waals surface area contributed by atoms with E-state index < -0.39 is 0 Å². The van der Waals surface area contributed by atoms with Crippen LogP contribution in [0.25, 0.3) is 10.2 Å². The average Bonchev–Trinajstić information content (AvgIpc) is 2.92. The van der Waals surface area contributed by atoms with Gasteiger partial charge in [-0.1, -0.05) is 49.0 Å². The van der Waals surface area contributed by atoms with Crippen molar-refractivity contribution in [2.75, 3.05) is 0 Å². The molecule has 1 unspecified atom stereocenters. The predicted octanol–water partition coefficient (Wildman–Crippen LogP) is 4.40. The summed E-state index contributed by atoms with van der Waals surface area (Å²) in [5.41, 5.74) is 2.51. The molecular formula is C18H18N2OS2. The van der Waals surface area contributed by atoms with Gasteiger partial charge in [-0.25, -0.2) is 4.98 Å². The number of thiophene rings is 1. The van der Waals surface area contributed by atoms with Gasteiger partial charge < -0.3 is 4.98 Å². The minimum atomic E-state index is 0.0251. The molecule has 5 heteroatoms. The molecule has 0 radical (unpaired) electrons. The van der Waals surface area contributed by atoms with Crippen LogP contribution in [0.15, 0.2) is 40.3 Å². The highest BCUT2D eigenvalue weighted by molar-refractivity contribution is 7.98. The van der Waals surface area contributed by atoms with Gasteiger partial charge in [-0.05, 0) is 36.3 Å². The van der Waals surface area contributed by atoms with Gasteiger partial charge >= 0.3 is 0 Å². The van der Waals surface area contributed by atoms with Crippen LogP contribution in [0, 0.1) is 5.92 Å². The fourth-order valence-electron chi connectivity index (χ4n) is 3.13. The Kier molecular flexibility index (Phi) is 3.99. The summed E-state index contributed by atoms with van der Waals surface area (Å²) in [5.74, 6) is 1.48. The number of thioether (sulfide) groups is 1. The zero-order valence-corrected chi connectivity index (χ0v) is 14.6. The van der Waals surface area contributed by atoms with Gasteiger partial charge in [0.15, 0.2) is 5.16 Å². The van der Waals surface area contributed by atoms with Gasteiger partial charge in [-0.15, -0.1) is 11.3 Å². The molecule has 0 fully saturated rings. The van der Waals surface area contributed by atoms with Crippen LogP contribution >= 0.6 is 23.1 Å². The van der Waals surface area contributed by atoms with Gasteiger partial charge in [0.1, 0.15) is 4.83 Å². The molecule has 1 aromatic carbocycles. The molecule has 1 atom stereocenters. The summed E-state index contributed by atoms with van der Waals surface area (Å²) in [4.78, 5) is 22.5. The Balaban J connectivity index is 1.67. The van der Waals surface area contributed by atoms with E-state index in [9.17, 15) is 4.79 Å². The molecule has 0 saturated heterocycles. The van der Waals surface area contributed by atoms with Crippen molar-refractivity contribution in [3.63, 3.8) is 0 Å². The van der Waals surface area contributed by atoms with Crippen LogP contribution < -0.4 is 5.56 Å². The van der Waals surface area contributed by atoms with Crippen LogP contribution in [0.4, 0.5) is 0 Å². The third kappa shape index (κ3) is 2.95. The molecule has 0 spiro atoms. The summed E-state index contributed by atoms with van der Waals surface area (Å²) in [6, 6.07) is 10.3. The van der Waals surface area contributed by atoms with Crippen molar-refractivity contribution in [3.05, 3.63) is 56.7 Å². The second-order valence-corrected chi connectivity index (χ2v) is 8.22. The lowest BCUT2D eigenvalue weighted by atomic mass is 9.89. The summed E-state index contributed by atoms with van der Waals surface area (Å²) in [5, 5.41) is 1.55. The van der Waals surface area contributed by atoms with E-state index in [1.807, 2.05) is 18.2 Å². The summed E-state index contributed by atoms with van der Waals surface area (Å²) < 4.78 is 0. The quantitative estimate of drug-likeness (QED) is 0.567. The normalized spacial score (nSPS) is 17.3. The third-order valence-electron chi connectivity index (χ3n) is 4.36. The van der Waals surface area contributed by atoms with E-state index in [2.05, 4.69) is 24.0 Å². The Morgan fingerprint density at radius 3 is 3.00 bits per heavy atom. The number of nitrogens with one attached hydrogen (secondary N) is 1. The first-order valence-electron chi connectivity index (χ1n) is 7.92. The number of benzene rings is 1. The van der Waals surface area contributed by atoms with Crippen LogP contribution in [-0.4, -0.2) is 9.97 Å². The molecule has 2 aromatic heterocycles. The van der Waals surface area contributed by atoms with E-state index in [0.29, 0.717) is 5.92 Å². The Bertz CT molecular complexity index is 899. The van der Waals surface area contributed by atoms with Crippen molar-refractivity contribution >= 4 is 33.3 Å². The molecule has 3 nitrogen and oxygen atoms in total. The van der Waals surface area contributed by atoms with E-state index in [0.717, 1.165) is 34.0 Å². The highest BCUT2D eigenvalue weighted by Crippen LogP contribution is 2.36. The Morgan fingerprint density at radius 1 is 1.35 bits per heavy atom. The van der Waals surface area contributed by atoms with Crippen molar-refractivity contribution < 1.29 is 0 Å². The fourth-order valence-corrected chi connectivity index (χ4v) is 5.22. The number of aromatic amines is 1. The minimum absolute atomic E-state index is 0.0251. The topological polar surface area (TPSA) is 45.8 Å². The molecule has 0 aliphatic heterocycles. The number of rotatable bonds is 3. The molecular weight excluding hydrogens is 324 g/mol. The maximum atomic E-state index is 12.5. The van der Waals surface area contributed by atoms with Crippen molar-refractivity contribution in [2.45, 2.75) is 37.1 Å². The summed E-state index contributed by atoms with van der Waals surface area (Å²) >= 11 is 3.30. The molecule has 0 saturated carbocycles. The maximum Gasteiger partial charge on any atom is 0.260 e. The monoisotopic (exact) mass is 342 g/mol. The van der Waals surface area contributed by atoms with E-state index >= 15 is 0 Å². The smallest absolute Gasteiger partial charge is 0.260 e. The molecule has 2 heterocycles. The summed E-state index contributed by atoms with van der Waals surface area (Å²) in [6.45, 7) is 2.26. The van der Waals surface area contributed by atoms with Crippen molar-refractivity contribution in [1.29, 1.82) is 0 Å². The highest BCUT2D eigenvalue weighted by Gasteiger charge is 2.23. The van der Waals surface area contributed by atoms with Crippen LogP contribution in [0.1, 0.15) is 29.3 Å². The van der Waals surface area contributed by atoms with E-state index in [-0.39, 0.29) is 5.56 Å². The first kappa shape index (κ1) is 15.0. The van der Waals surface area contributed by atoms with Gasteiger partial charge in [0.05, 0.1) is 5.39 Å². The molecule has 0 bridgehead atoms. The van der Waals surface area contributed by atoms with E-state index in [1.165, 1.54) is 22.4 Å². The minimum Gasteiger partial charge on any atom is -0.301 e. The lowest BCUT2D eigenvalue weighted by Crippen LogP contribution is -2.14. The van der Waals surface area contributed by atoms with E-state index in [4.69, 9.17) is 4.98 Å². The van der Waals surface area contributed by atoms with Crippen molar-refractivity contribution in [2.24, 2.45) is 5.92 Å². The second kappa shape index (κ2) is 6.13. The lowest BCUT2D eigenvalue weighted by molar-refractivity contribution is 0.508. The van der Waals surface area contributed by atoms with Gasteiger partial charge in [0, 0.05) is 10.6 Å². The molecule has 118 valence electrons. The van der Waals surface area contributed by atoms with Crippen LogP contribution in [0.3, 0.4) is 0 Å². The maximum absolute atomic E-state index is 12.5. The zero-order chi connectivity index (χ0) is 15.8. The summed E-state index contributed by atoms with van der Waals surface area (Å²) in [7, 11) is 0. The third-order valence-corrected chi connectivity index (χ3v) is 6.49. The number of hydrogen-bond acceptors (Lipinski definition) is 4. The predicted molar refractivity (Wildman–Crippen MR) is 97.4 cm³/mol. The van der Waals surface area contributed by atoms with Crippen molar-refractivity contribution in [3.8, 4) is 0 Å². The SMILES string of the molecule is CC1CCc2sc3nc(SCc4ccccc4)[nH]c(=O)c3c2C1. The highest BCUT2D eigenvalue weighted by atomic mass is 32.2. The Morgan fingerprint density at radius 2 is 2.17 bits per heavy atom. The molecule has 23 heavy (non-hydrogen) atoms. The number of fused-ring (bicyclic) bond motifs is 3. The largest absolute Gasteiger partial charge is 0.301 e. The molecule has 1 N–H and O–H groups in total. The van der Waals surface area contributed by atoms with Crippen LogP contribution in [0.5, 0.6) is 0 Å². The Labute approximate surface area is 143 Å². The van der Waals surface area contributed by atoms with Crippen LogP contribution in [-0.2, 0) is 18.6 Å². The number of hydrogen-bond donors (Lipinski definition) is 1. The molecule has 1 aliphatic carbocycles. The fraction of sp³-hybridized carbons (Fsp3) is 0.333. The molecule has 3 aromatic rings. The van der Waals surface area contributed by atoms with Gasteiger partial charge in [-0.2, -0.15) is 0 Å². The molecule has 0 amide bonds. The van der Waals surface area contributed by atoms with Crippen molar-refractivity contribution in [1.82, 2.24) is 9.97 Å². The molecule has 1 aliphatic rings. The van der Waals surface area contributed by atoms with Crippen LogP contribution in [0.2, 0.25) is 0 Å².